The summed E-state index contributed by atoms with van der Waals surface area (Å²) in [5.41, 5.74) is 4.15. The molecule has 0 fully saturated rings. The third-order valence-corrected chi connectivity index (χ3v) is 1.69. The van der Waals surface area contributed by atoms with Gasteiger partial charge in [0.05, 0.1) is 22.2 Å². The van der Waals surface area contributed by atoms with Gasteiger partial charge in [0, 0.05) is 0 Å². The Morgan fingerprint density at radius 1 is 1.57 bits per heavy atom. The van der Waals surface area contributed by atoms with E-state index in [4.69, 9.17) is 5.73 Å². The van der Waals surface area contributed by atoms with Crippen molar-refractivity contribution in [2.24, 2.45) is 0 Å². The predicted octanol–water partition coefficient (Wildman–Crippen LogP) is 1.52. The van der Waals surface area contributed by atoms with E-state index in [1.54, 1.807) is 0 Å². The van der Waals surface area contributed by atoms with Crippen molar-refractivity contribution in [3.63, 3.8) is 0 Å². The molecule has 0 atom stereocenters. The average molecular weight is 198 g/mol. The van der Waals surface area contributed by atoms with Gasteiger partial charge in [0.25, 0.3) is 5.69 Å². The van der Waals surface area contributed by atoms with Crippen molar-refractivity contribution in [1.82, 2.24) is 0 Å². The summed E-state index contributed by atoms with van der Waals surface area (Å²) >= 11 is 0. The van der Waals surface area contributed by atoms with Crippen LogP contribution in [0, 0.1) is 15.9 Å². The Morgan fingerprint density at radius 3 is 2.57 bits per heavy atom. The molecular weight excluding hydrogens is 191 g/mol. The predicted molar refractivity (Wildman–Crippen MR) is 47.5 cm³/mol. The molecule has 0 aromatic heterocycles. The van der Waals surface area contributed by atoms with Gasteiger partial charge in [-0.25, -0.2) is 4.39 Å². The van der Waals surface area contributed by atoms with Gasteiger partial charge >= 0.3 is 0 Å². The second-order valence-electron chi connectivity index (χ2n) is 2.70. The molecule has 1 aromatic carbocycles. The number of nitrogens with two attached hydrogens (primary N) is 1. The molecule has 0 spiro atoms. The lowest BCUT2D eigenvalue weighted by Gasteiger charge is -2.01. The quantitative estimate of drug-likeness (QED) is 0.338. The average Bonchev–Trinajstić information content (AvgIpc) is 2.08. The van der Waals surface area contributed by atoms with Crippen molar-refractivity contribution in [2.75, 3.05) is 5.73 Å². The monoisotopic (exact) mass is 198 g/mol. The molecule has 6 heteroatoms. The number of hydrogen-bond donors (Lipinski definition) is 1. The number of benzene rings is 1. The van der Waals surface area contributed by atoms with Gasteiger partial charge in [0.1, 0.15) is 0 Å². The molecule has 0 saturated carbocycles. The van der Waals surface area contributed by atoms with Gasteiger partial charge in [-0.2, -0.15) is 0 Å². The van der Waals surface area contributed by atoms with Crippen molar-refractivity contribution in [2.45, 2.75) is 6.92 Å². The molecule has 0 bridgehead atoms. The number of hydrogen-bond acceptors (Lipinski definition) is 4. The van der Waals surface area contributed by atoms with Crippen LogP contribution in [0.5, 0.6) is 0 Å². The molecule has 0 heterocycles. The number of Topliss-reactive ketones (excluding diaryl/α,β-unsaturated/α-hetero) is 1. The molecule has 0 aliphatic heterocycles. The summed E-state index contributed by atoms with van der Waals surface area (Å²) in [5.74, 6) is -1.43. The van der Waals surface area contributed by atoms with Gasteiger partial charge in [-0.3, -0.25) is 14.9 Å². The topological polar surface area (TPSA) is 86.2 Å². The first kappa shape index (κ1) is 10.1. The summed E-state index contributed by atoms with van der Waals surface area (Å²) in [5, 5.41) is 10.4. The van der Waals surface area contributed by atoms with Crippen LogP contribution in [0.4, 0.5) is 15.8 Å². The van der Waals surface area contributed by atoms with Crippen molar-refractivity contribution >= 4 is 17.2 Å². The lowest BCUT2D eigenvalue weighted by atomic mass is 10.1. The fourth-order valence-corrected chi connectivity index (χ4v) is 1.01. The number of carbonyl (C=O) groups is 1. The Balaban J connectivity index is 3.46. The Morgan fingerprint density at radius 2 is 2.14 bits per heavy atom. The summed E-state index contributed by atoms with van der Waals surface area (Å²) in [6, 6.07) is 1.61. The minimum Gasteiger partial charge on any atom is -0.396 e. The van der Waals surface area contributed by atoms with E-state index in [1.165, 1.54) is 0 Å². The maximum atomic E-state index is 12.8. The van der Waals surface area contributed by atoms with Crippen LogP contribution >= 0.6 is 0 Å². The first-order valence-electron chi connectivity index (χ1n) is 3.68. The van der Waals surface area contributed by atoms with Crippen molar-refractivity contribution in [3.8, 4) is 0 Å². The highest BCUT2D eigenvalue weighted by molar-refractivity contribution is 5.98. The fourth-order valence-electron chi connectivity index (χ4n) is 1.01. The standard InChI is InChI=1S/C8H7FN2O3/c1-4(12)5-2-7(10)6(9)3-8(5)11(13)14/h2-3H,10H2,1H3. The number of nitrogen functional groups attached to an aromatic ring is 1. The number of ketones is 1. The van der Waals surface area contributed by atoms with Crippen LogP contribution in [0.25, 0.3) is 0 Å². The van der Waals surface area contributed by atoms with Crippen molar-refractivity contribution in [3.05, 3.63) is 33.6 Å². The summed E-state index contributed by atoms with van der Waals surface area (Å²) < 4.78 is 12.8. The van der Waals surface area contributed by atoms with Crippen LogP contribution in [0.2, 0.25) is 0 Å². The zero-order valence-corrected chi connectivity index (χ0v) is 7.28. The number of nitrogens with zero attached hydrogens (tertiary/aromatic N) is 1. The van der Waals surface area contributed by atoms with Gasteiger partial charge in [-0.1, -0.05) is 0 Å². The normalized spacial score (nSPS) is 9.86. The summed E-state index contributed by atoms with van der Waals surface area (Å²) in [7, 11) is 0. The Hall–Kier alpha value is -1.98. The van der Waals surface area contributed by atoms with Crippen LogP contribution in [-0.2, 0) is 0 Å². The van der Waals surface area contributed by atoms with E-state index >= 15 is 0 Å². The first-order valence-corrected chi connectivity index (χ1v) is 3.68. The minimum atomic E-state index is -0.901. The van der Waals surface area contributed by atoms with Crippen molar-refractivity contribution in [1.29, 1.82) is 0 Å². The summed E-state index contributed by atoms with van der Waals surface area (Å²) in [6.07, 6.45) is 0. The van der Waals surface area contributed by atoms with E-state index in [1.807, 2.05) is 0 Å². The summed E-state index contributed by atoms with van der Waals surface area (Å²) in [4.78, 5) is 20.6. The maximum Gasteiger partial charge on any atom is 0.283 e. The number of nitro benzene ring substituents is 1. The highest BCUT2D eigenvalue weighted by Crippen LogP contribution is 2.24. The zero-order valence-electron chi connectivity index (χ0n) is 7.28. The van der Waals surface area contributed by atoms with Crippen LogP contribution < -0.4 is 5.73 Å². The van der Waals surface area contributed by atoms with E-state index in [0.717, 1.165) is 13.0 Å². The van der Waals surface area contributed by atoms with Crippen LogP contribution in [0.1, 0.15) is 17.3 Å². The largest absolute Gasteiger partial charge is 0.396 e. The molecule has 0 aliphatic rings. The minimum absolute atomic E-state index is 0.186. The van der Waals surface area contributed by atoms with Gasteiger partial charge < -0.3 is 5.73 Å². The Bertz CT molecular complexity index is 378. The van der Waals surface area contributed by atoms with Crippen LogP contribution in [0.3, 0.4) is 0 Å². The molecule has 0 saturated heterocycles. The van der Waals surface area contributed by atoms with E-state index in [0.29, 0.717) is 6.07 Å². The smallest absolute Gasteiger partial charge is 0.283 e. The summed E-state index contributed by atoms with van der Waals surface area (Å²) in [6.45, 7) is 1.15. The van der Waals surface area contributed by atoms with Gasteiger partial charge in [0.15, 0.2) is 11.6 Å². The maximum absolute atomic E-state index is 12.8. The molecule has 0 unspecified atom stereocenters. The second kappa shape index (κ2) is 3.41. The number of nitro groups is 1. The molecular formula is C8H7FN2O3. The molecule has 1 aromatic rings. The zero-order chi connectivity index (χ0) is 10.9. The number of rotatable bonds is 2. The molecule has 74 valence electrons. The van der Waals surface area contributed by atoms with Gasteiger partial charge in [-0.15, -0.1) is 0 Å². The molecule has 14 heavy (non-hydrogen) atoms. The number of carbonyl (C=O) groups excluding carboxylic acids is 1. The Labute approximate surface area is 78.5 Å². The lowest BCUT2D eigenvalue weighted by Crippen LogP contribution is -2.03. The van der Waals surface area contributed by atoms with E-state index in [9.17, 15) is 19.3 Å². The fraction of sp³-hybridized carbons (Fsp3) is 0.125. The van der Waals surface area contributed by atoms with Crippen LogP contribution in [0.15, 0.2) is 12.1 Å². The first-order chi connectivity index (χ1) is 6.43. The third-order valence-electron chi connectivity index (χ3n) is 1.69. The molecule has 0 radical (unpaired) electrons. The van der Waals surface area contributed by atoms with E-state index in [2.05, 4.69) is 0 Å². The van der Waals surface area contributed by atoms with Crippen LogP contribution in [-0.4, -0.2) is 10.7 Å². The molecule has 2 N–H and O–H groups in total. The van der Waals surface area contributed by atoms with Crippen molar-refractivity contribution < 1.29 is 14.1 Å². The van der Waals surface area contributed by atoms with E-state index < -0.39 is 22.2 Å². The van der Waals surface area contributed by atoms with E-state index in [-0.39, 0.29) is 11.3 Å². The third kappa shape index (κ3) is 1.68. The number of anilines is 1. The molecule has 0 aliphatic carbocycles. The molecule has 5 nitrogen and oxygen atoms in total. The molecule has 1 rings (SSSR count). The Kier molecular flexibility index (Phi) is 2.46. The molecule has 0 amide bonds. The second-order valence-corrected chi connectivity index (χ2v) is 2.70. The highest BCUT2D eigenvalue weighted by atomic mass is 19.1. The number of halogens is 1. The van der Waals surface area contributed by atoms with Gasteiger partial charge in [-0.05, 0) is 13.0 Å². The highest BCUT2D eigenvalue weighted by Gasteiger charge is 2.19. The lowest BCUT2D eigenvalue weighted by molar-refractivity contribution is -0.385. The SMILES string of the molecule is CC(=O)c1cc(N)c(F)cc1[N+](=O)[O-]. The van der Waals surface area contributed by atoms with Gasteiger partial charge in [0.2, 0.25) is 0 Å².